The lowest BCUT2D eigenvalue weighted by molar-refractivity contribution is -0.124. The van der Waals surface area contributed by atoms with Crippen LogP contribution < -0.4 is 15.4 Å². The minimum atomic E-state index is -0.365. The molecule has 26 heavy (non-hydrogen) atoms. The molecule has 3 rings (SSSR count). The molecule has 134 valence electrons. The van der Waals surface area contributed by atoms with Gasteiger partial charge in [-0.2, -0.15) is 0 Å². The highest BCUT2D eigenvalue weighted by atomic mass is 35.5. The number of fused-ring (bicyclic) bond motifs is 1. The fourth-order valence-electron chi connectivity index (χ4n) is 2.33. The molecule has 0 spiro atoms. The Balaban J connectivity index is 1.46. The zero-order valence-corrected chi connectivity index (χ0v) is 14.6. The fraction of sp³-hybridized carbons (Fsp3) is 0.158. The largest absolute Gasteiger partial charge is 0.488 e. The van der Waals surface area contributed by atoms with E-state index in [0.717, 1.165) is 16.9 Å². The summed E-state index contributed by atoms with van der Waals surface area (Å²) in [5.74, 6) is 0.737. The first kappa shape index (κ1) is 17.8. The molecule has 6 nitrogen and oxygen atoms in total. The van der Waals surface area contributed by atoms with Crippen LogP contribution in [0.15, 0.2) is 58.7 Å². The molecule has 2 aromatic rings. The van der Waals surface area contributed by atoms with Crippen molar-refractivity contribution in [1.82, 2.24) is 10.6 Å². The van der Waals surface area contributed by atoms with Gasteiger partial charge in [-0.3, -0.25) is 9.59 Å². The van der Waals surface area contributed by atoms with E-state index in [-0.39, 0.29) is 24.9 Å². The summed E-state index contributed by atoms with van der Waals surface area (Å²) in [5, 5.41) is 5.79. The molecule has 0 saturated carbocycles. The molecule has 2 heterocycles. The molecule has 7 heteroatoms. The highest BCUT2D eigenvalue weighted by Gasteiger charge is 2.10. The van der Waals surface area contributed by atoms with Gasteiger partial charge < -0.3 is 19.8 Å². The molecule has 1 aromatic heterocycles. The molecule has 0 radical (unpaired) electrons. The first-order chi connectivity index (χ1) is 12.6. The number of ether oxygens (including phenoxy) is 1. The predicted octanol–water partition coefficient (Wildman–Crippen LogP) is 2.70. The normalized spacial score (nSPS) is 12.9. The maximum atomic E-state index is 11.8. The zero-order chi connectivity index (χ0) is 18.4. The Labute approximate surface area is 155 Å². The summed E-state index contributed by atoms with van der Waals surface area (Å²) in [6, 6.07) is 8.87. The summed E-state index contributed by atoms with van der Waals surface area (Å²) in [6.45, 7) is 0.531. The molecule has 0 bridgehead atoms. The van der Waals surface area contributed by atoms with Crippen LogP contribution >= 0.6 is 11.6 Å². The average molecular weight is 373 g/mol. The molecule has 1 aromatic carbocycles. The number of benzene rings is 1. The lowest BCUT2D eigenvalue weighted by Gasteiger charge is -2.16. The van der Waals surface area contributed by atoms with Crippen molar-refractivity contribution in [2.45, 2.75) is 6.54 Å². The second-order valence-corrected chi connectivity index (χ2v) is 6.03. The molecule has 0 unspecified atom stereocenters. The van der Waals surface area contributed by atoms with Gasteiger partial charge in [0.05, 0.1) is 19.4 Å². The van der Waals surface area contributed by atoms with Crippen LogP contribution in [0, 0.1) is 0 Å². The minimum Gasteiger partial charge on any atom is -0.488 e. The maximum absolute atomic E-state index is 11.8. The lowest BCUT2D eigenvalue weighted by atomic mass is 10.1. The van der Waals surface area contributed by atoms with Crippen LogP contribution in [-0.2, 0) is 16.1 Å². The second kappa shape index (κ2) is 8.40. The Morgan fingerprint density at radius 1 is 1.23 bits per heavy atom. The topological polar surface area (TPSA) is 80.6 Å². The summed E-state index contributed by atoms with van der Waals surface area (Å²) in [5.41, 5.74) is 1.69. The van der Waals surface area contributed by atoms with Gasteiger partial charge in [0.2, 0.25) is 11.8 Å². The molecule has 1 aliphatic rings. The lowest BCUT2D eigenvalue weighted by Crippen LogP contribution is -2.35. The highest BCUT2D eigenvalue weighted by molar-refractivity contribution is 6.30. The molecule has 2 N–H and O–H groups in total. The maximum Gasteiger partial charge on any atom is 0.244 e. The van der Waals surface area contributed by atoms with Gasteiger partial charge in [0.1, 0.15) is 18.1 Å². The summed E-state index contributed by atoms with van der Waals surface area (Å²) in [4.78, 5) is 23.5. The number of amides is 2. The Morgan fingerprint density at radius 3 is 2.92 bits per heavy atom. The van der Waals surface area contributed by atoms with E-state index >= 15 is 0 Å². The Morgan fingerprint density at radius 2 is 2.12 bits per heavy atom. The zero-order valence-electron chi connectivity index (χ0n) is 13.8. The van der Waals surface area contributed by atoms with E-state index in [1.165, 1.54) is 12.3 Å². The van der Waals surface area contributed by atoms with Gasteiger partial charge in [-0.05, 0) is 42.0 Å². The first-order valence-corrected chi connectivity index (χ1v) is 8.36. The number of carbonyl (C=O) groups is 2. The quantitative estimate of drug-likeness (QED) is 0.764. The average Bonchev–Trinajstić information content (AvgIpc) is 3.16. The molecular weight excluding hydrogens is 356 g/mol. The van der Waals surface area contributed by atoms with Crippen molar-refractivity contribution >= 4 is 29.5 Å². The molecule has 0 aliphatic carbocycles. The van der Waals surface area contributed by atoms with Crippen molar-refractivity contribution in [3.05, 3.63) is 70.7 Å². The Hall–Kier alpha value is -2.99. The van der Waals surface area contributed by atoms with Gasteiger partial charge in [-0.15, -0.1) is 0 Å². The van der Waals surface area contributed by atoms with Crippen molar-refractivity contribution in [3.8, 4) is 5.75 Å². The van der Waals surface area contributed by atoms with E-state index in [4.69, 9.17) is 20.8 Å². The SMILES string of the molecule is O=C(/C=C/C1=Cc2cc(Cl)ccc2OC1)NCC(=O)NCc1ccco1. The van der Waals surface area contributed by atoms with Crippen LogP contribution in [0.2, 0.25) is 5.02 Å². The van der Waals surface area contributed by atoms with Crippen LogP contribution in [0.4, 0.5) is 0 Å². The van der Waals surface area contributed by atoms with E-state index in [2.05, 4.69) is 10.6 Å². The van der Waals surface area contributed by atoms with E-state index in [0.29, 0.717) is 17.4 Å². The number of hydrogen-bond donors (Lipinski definition) is 2. The predicted molar refractivity (Wildman–Crippen MR) is 97.6 cm³/mol. The number of rotatable bonds is 6. The third kappa shape index (κ3) is 5.00. The molecule has 2 amide bonds. The number of carbonyl (C=O) groups excluding carboxylic acids is 2. The smallest absolute Gasteiger partial charge is 0.244 e. The van der Waals surface area contributed by atoms with Gasteiger partial charge in [0.25, 0.3) is 0 Å². The van der Waals surface area contributed by atoms with Crippen LogP contribution in [0.25, 0.3) is 6.08 Å². The molecular formula is C19H17ClN2O4. The van der Waals surface area contributed by atoms with Gasteiger partial charge in [-0.1, -0.05) is 17.7 Å². The molecule has 0 atom stereocenters. The standard InChI is InChI=1S/C19H17ClN2O4/c20-15-4-5-17-14(9-15)8-13(12-26-17)3-6-18(23)22-11-19(24)21-10-16-2-1-7-25-16/h1-9H,10-12H2,(H,21,24)(H,22,23)/b6-3+. The van der Waals surface area contributed by atoms with Crippen molar-refractivity contribution in [3.63, 3.8) is 0 Å². The van der Waals surface area contributed by atoms with Gasteiger partial charge in [0, 0.05) is 16.7 Å². The van der Waals surface area contributed by atoms with Crippen molar-refractivity contribution in [2.75, 3.05) is 13.2 Å². The number of halogens is 1. The summed E-state index contributed by atoms with van der Waals surface area (Å²) < 4.78 is 10.7. The van der Waals surface area contributed by atoms with Crippen LogP contribution in [0.1, 0.15) is 11.3 Å². The Kier molecular flexibility index (Phi) is 5.76. The summed E-state index contributed by atoms with van der Waals surface area (Å²) in [7, 11) is 0. The highest BCUT2D eigenvalue weighted by Crippen LogP contribution is 2.29. The van der Waals surface area contributed by atoms with Crippen LogP contribution in [0.3, 0.4) is 0 Å². The summed E-state index contributed by atoms with van der Waals surface area (Å²) in [6.07, 6.45) is 6.46. The van der Waals surface area contributed by atoms with Crippen LogP contribution in [0.5, 0.6) is 5.75 Å². The number of furan rings is 1. The monoisotopic (exact) mass is 372 g/mol. The van der Waals surface area contributed by atoms with Crippen LogP contribution in [-0.4, -0.2) is 25.0 Å². The van der Waals surface area contributed by atoms with E-state index in [1.54, 1.807) is 30.3 Å². The third-order valence-electron chi connectivity index (χ3n) is 3.62. The van der Waals surface area contributed by atoms with Crippen molar-refractivity contribution < 1.29 is 18.7 Å². The fourth-order valence-corrected chi connectivity index (χ4v) is 2.51. The Bertz CT molecular complexity index is 856. The number of hydrogen-bond acceptors (Lipinski definition) is 4. The van der Waals surface area contributed by atoms with Gasteiger partial charge in [-0.25, -0.2) is 0 Å². The molecule has 1 aliphatic heterocycles. The van der Waals surface area contributed by atoms with Crippen molar-refractivity contribution in [2.24, 2.45) is 0 Å². The van der Waals surface area contributed by atoms with E-state index in [1.807, 2.05) is 12.1 Å². The third-order valence-corrected chi connectivity index (χ3v) is 3.85. The number of nitrogens with one attached hydrogen (secondary N) is 2. The van der Waals surface area contributed by atoms with E-state index in [9.17, 15) is 9.59 Å². The van der Waals surface area contributed by atoms with Gasteiger partial charge in [0.15, 0.2) is 0 Å². The van der Waals surface area contributed by atoms with Crippen molar-refractivity contribution in [1.29, 1.82) is 0 Å². The first-order valence-electron chi connectivity index (χ1n) is 7.98. The van der Waals surface area contributed by atoms with E-state index < -0.39 is 0 Å². The molecule has 0 saturated heterocycles. The minimum absolute atomic E-state index is 0.113. The molecule has 0 fully saturated rings. The van der Waals surface area contributed by atoms with Gasteiger partial charge >= 0.3 is 0 Å². The second-order valence-electron chi connectivity index (χ2n) is 5.60. The summed E-state index contributed by atoms with van der Waals surface area (Å²) >= 11 is 5.97.